The molecule has 0 fully saturated rings. The van der Waals surface area contributed by atoms with Gasteiger partial charge in [0.05, 0.1) is 12.2 Å². The first kappa shape index (κ1) is 18.3. The Morgan fingerprint density at radius 2 is 2.08 bits per heavy atom. The molecule has 0 saturated heterocycles. The van der Waals surface area contributed by atoms with E-state index in [1.807, 2.05) is 48.3 Å². The van der Waals surface area contributed by atoms with E-state index in [2.05, 4.69) is 34.9 Å². The lowest BCUT2D eigenvalue weighted by Gasteiger charge is -2.26. The highest BCUT2D eigenvalue weighted by Gasteiger charge is 2.25. The van der Waals surface area contributed by atoms with Gasteiger partial charge < -0.3 is 16.0 Å². The predicted molar refractivity (Wildman–Crippen MR) is 104 cm³/mol. The number of carbonyl (C=O) groups excluding carboxylic acids is 1. The third-order valence-corrected chi connectivity index (χ3v) is 5.09. The molecule has 1 aliphatic rings. The zero-order valence-electron chi connectivity index (χ0n) is 15.8. The number of benzene rings is 1. The van der Waals surface area contributed by atoms with Crippen molar-refractivity contribution < 1.29 is 4.79 Å². The molecule has 0 saturated carbocycles. The largest absolute Gasteiger partial charge is 0.380 e. The van der Waals surface area contributed by atoms with Crippen molar-refractivity contribution in [2.75, 3.05) is 11.9 Å². The Bertz CT molecular complexity index is 725. The number of carbonyl (C=O) groups is 1. The van der Waals surface area contributed by atoms with Crippen molar-refractivity contribution in [3.05, 3.63) is 47.8 Å². The maximum absolute atomic E-state index is 12.4. The van der Waals surface area contributed by atoms with Gasteiger partial charge in [0.25, 0.3) is 0 Å². The Hall–Kier alpha value is -2.50. The van der Waals surface area contributed by atoms with Gasteiger partial charge in [0.2, 0.25) is 0 Å². The fourth-order valence-corrected chi connectivity index (χ4v) is 3.47. The van der Waals surface area contributed by atoms with Gasteiger partial charge in [-0.25, -0.2) is 4.79 Å². The first-order chi connectivity index (χ1) is 12.5. The second-order valence-electron chi connectivity index (χ2n) is 7.33. The van der Waals surface area contributed by atoms with Crippen LogP contribution in [0.1, 0.15) is 44.0 Å². The first-order valence-electron chi connectivity index (χ1n) is 9.41. The summed E-state index contributed by atoms with van der Waals surface area (Å²) in [6.07, 6.45) is 4.94. The Kier molecular flexibility index (Phi) is 5.81. The summed E-state index contributed by atoms with van der Waals surface area (Å²) in [5.41, 5.74) is 3.45. The molecule has 2 amide bonds. The van der Waals surface area contributed by atoms with Crippen molar-refractivity contribution >= 4 is 11.7 Å². The molecule has 6 nitrogen and oxygen atoms in total. The van der Waals surface area contributed by atoms with E-state index < -0.39 is 0 Å². The number of para-hydroxylation sites is 1. The summed E-state index contributed by atoms with van der Waals surface area (Å²) < 4.78 is 1.92. The summed E-state index contributed by atoms with van der Waals surface area (Å²) in [6.45, 7) is 4.89. The minimum atomic E-state index is -0.118. The second-order valence-corrected chi connectivity index (χ2v) is 7.33. The highest BCUT2D eigenvalue weighted by Crippen LogP contribution is 2.28. The topological polar surface area (TPSA) is 71.0 Å². The molecular formula is C20H29N5O. The number of fused-ring (bicyclic) bond motifs is 1. The van der Waals surface area contributed by atoms with Crippen molar-refractivity contribution in [2.24, 2.45) is 13.0 Å². The van der Waals surface area contributed by atoms with Crippen LogP contribution >= 0.6 is 0 Å². The summed E-state index contributed by atoms with van der Waals surface area (Å²) in [4.78, 5) is 12.4. The maximum atomic E-state index is 12.4. The SMILES string of the molecule is CC(C)[C@@H](CNC(=O)N[C@@H]1CCCc2c1cnn2C)Nc1ccccc1. The number of anilines is 1. The zero-order valence-corrected chi connectivity index (χ0v) is 15.8. The highest BCUT2D eigenvalue weighted by molar-refractivity contribution is 5.74. The fourth-order valence-electron chi connectivity index (χ4n) is 3.47. The first-order valence-corrected chi connectivity index (χ1v) is 9.41. The molecule has 0 unspecified atom stereocenters. The van der Waals surface area contributed by atoms with Gasteiger partial charge >= 0.3 is 6.03 Å². The van der Waals surface area contributed by atoms with Gasteiger partial charge in [-0.2, -0.15) is 5.10 Å². The van der Waals surface area contributed by atoms with Crippen LogP contribution in [0.3, 0.4) is 0 Å². The van der Waals surface area contributed by atoms with Crippen LogP contribution < -0.4 is 16.0 Å². The number of nitrogens with zero attached hydrogens (tertiary/aromatic N) is 2. The average molecular weight is 355 g/mol. The minimum absolute atomic E-state index is 0.0482. The number of nitrogens with one attached hydrogen (secondary N) is 3. The maximum Gasteiger partial charge on any atom is 0.315 e. The third-order valence-electron chi connectivity index (χ3n) is 5.09. The summed E-state index contributed by atoms with van der Waals surface area (Å²) in [5, 5.41) is 14.0. The molecule has 2 aromatic rings. The normalized spacial score (nSPS) is 17.5. The predicted octanol–water partition coefficient (Wildman–Crippen LogP) is 3.23. The van der Waals surface area contributed by atoms with Crippen LogP contribution in [-0.2, 0) is 13.5 Å². The van der Waals surface area contributed by atoms with Crippen molar-refractivity contribution in [3.63, 3.8) is 0 Å². The van der Waals surface area contributed by atoms with Gasteiger partial charge in [0.1, 0.15) is 0 Å². The molecule has 1 aromatic heterocycles. The van der Waals surface area contributed by atoms with Crippen LogP contribution in [-0.4, -0.2) is 28.4 Å². The van der Waals surface area contributed by atoms with Gasteiger partial charge in [-0.3, -0.25) is 4.68 Å². The summed E-state index contributed by atoms with van der Waals surface area (Å²) in [7, 11) is 1.96. The quantitative estimate of drug-likeness (QED) is 0.745. The van der Waals surface area contributed by atoms with E-state index in [9.17, 15) is 4.79 Å². The van der Waals surface area contributed by atoms with Crippen molar-refractivity contribution in [2.45, 2.75) is 45.2 Å². The Morgan fingerprint density at radius 1 is 1.31 bits per heavy atom. The van der Waals surface area contributed by atoms with E-state index in [1.165, 1.54) is 5.69 Å². The molecule has 0 aliphatic heterocycles. The monoisotopic (exact) mass is 355 g/mol. The van der Waals surface area contributed by atoms with Gasteiger partial charge in [-0.15, -0.1) is 0 Å². The summed E-state index contributed by atoms with van der Waals surface area (Å²) in [6, 6.07) is 10.2. The van der Waals surface area contributed by atoms with Crippen LogP contribution in [0.2, 0.25) is 0 Å². The average Bonchev–Trinajstić information content (AvgIpc) is 3.01. The van der Waals surface area contributed by atoms with E-state index in [4.69, 9.17) is 0 Å². The molecule has 26 heavy (non-hydrogen) atoms. The molecular weight excluding hydrogens is 326 g/mol. The van der Waals surface area contributed by atoms with Crippen LogP contribution in [0.15, 0.2) is 36.5 Å². The molecule has 2 atom stereocenters. The molecule has 3 rings (SSSR count). The molecule has 0 bridgehead atoms. The third kappa shape index (κ3) is 4.36. The standard InChI is InChI=1S/C20H29N5O/c1-14(2)18(23-15-8-5-4-6-9-15)13-21-20(26)24-17-10-7-11-19-16(17)12-22-25(19)3/h4-6,8-9,12,14,17-18,23H,7,10-11,13H2,1-3H3,(H2,21,24,26)/t17-,18-/m1/s1. The van der Waals surface area contributed by atoms with E-state index in [0.29, 0.717) is 12.5 Å². The lowest BCUT2D eigenvalue weighted by Crippen LogP contribution is -2.45. The summed E-state index contributed by atoms with van der Waals surface area (Å²) >= 11 is 0. The number of aromatic nitrogens is 2. The molecule has 1 heterocycles. The molecule has 3 N–H and O–H groups in total. The molecule has 0 radical (unpaired) electrons. The lowest BCUT2D eigenvalue weighted by atomic mass is 9.93. The van der Waals surface area contributed by atoms with Crippen molar-refractivity contribution in [1.29, 1.82) is 0 Å². The lowest BCUT2D eigenvalue weighted by molar-refractivity contribution is 0.234. The number of amides is 2. The van der Waals surface area contributed by atoms with Crippen molar-refractivity contribution in [3.8, 4) is 0 Å². The fraction of sp³-hybridized carbons (Fsp3) is 0.500. The Balaban J connectivity index is 1.54. The molecule has 140 valence electrons. The number of urea groups is 1. The number of rotatable bonds is 6. The highest BCUT2D eigenvalue weighted by atomic mass is 16.2. The van der Waals surface area contributed by atoms with E-state index in [0.717, 1.165) is 30.5 Å². The van der Waals surface area contributed by atoms with Crippen LogP contribution in [0.25, 0.3) is 0 Å². The van der Waals surface area contributed by atoms with Crippen LogP contribution in [0.4, 0.5) is 10.5 Å². The second kappa shape index (κ2) is 8.25. The van der Waals surface area contributed by atoms with Gasteiger partial charge in [0, 0.05) is 36.6 Å². The number of aryl methyl sites for hydroxylation is 1. The molecule has 1 aliphatic carbocycles. The molecule has 1 aromatic carbocycles. The van der Waals surface area contributed by atoms with E-state index in [1.54, 1.807) is 0 Å². The van der Waals surface area contributed by atoms with Gasteiger partial charge in [-0.1, -0.05) is 32.0 Å². The summed E-state index contributed by atoms with van der Waals surface area (Å²) in [5.74, 6) is 0.398. The van der Waals surface area contributed by atoms with E-state index in [-0.39, 0.29) is 18.1 Å². The minimum Gasteiger partial charge on any atom is -0.380 e. The zero-order chi connectivity index (χ0) is 18.5. The molecule has 0 spiro atoms. The van der Waals surface area contributed by atoms with Gasteiger partial charge in [0.15, 0.2) is 0 Å². The Labute approximate surface area is 155 Å². The number of hydrogen-bond acceptors (Lipinski definition) is 3. The molecule has 6 heteroatoms. The Morgan fingerprint density at radius 3 is 2.81 bits per heavy atom. The van der Waals surface area contributed by atoms with Crippen LogP contribution in [0.5, 0.6) is 0 Å². The van der Waals surface area contributed by atoms with E-state index >= 15 is 0 Å². The number of hydrogen-bond donors (Lipinski definition) is 3. The van der Waals surface area contributed by atoms with Gasteiger partial charge in [-0.05, 0) is 37.3 Å². The van der Waals surface area contributed by atoms with Crippen molar-refractivity contribution in [1.82, 2.24) is 20.4 Å². The smallest absolute Gasteiger partial charge is 0.315 e. The van der Waals surface area contributed by atoms with Crippen LogP contribution in [0, 0.1) is 5.92 Å².